The Balaban J connectivity index is 1.01. The second kappa shape index (κ2) is 12.0. The Morgan fingerprint density at radius 2 is 1.89 bits per heavy atom. The predicted molar refractivity (Wildman–Crippen MR) is 172 cm³/mol. The number of pyridine rings is 1. The van der Waals surface area contributed by atoms with Gasteiger partial charge in [-0.2, -0.15) is 4.31 Å². The van der Waals surface area contributed by atoms with E-state index in [4.69, 9.17) is 4.74 Å². The number of rotatable bonds is 7. The van der Waals surface area contributed by atoms with Crippen molar-refractivity contribution in [1.29, 1.82) is 0 Å². The third-order valence-corrected chi connectivity index (χ3v) is 10.6. The van der Waals surface area contributed by atoms with Crippen LogP contribution in [0.15, 0.2) is 66.5 Å². The minimum atomic E-state index is -3.37. The van der Waals surface area contributed by atoms with Gasteiger partial charge in [0.1, 0.15) is 23.5 Å². The van der Waals surface area contributed by atoms with E-state index in [1.807, 2.05) is 37.3 Å². The average Bonchev–Trinajstić information content (AvgIpc) is 3.65. The highest BCUT2D eigenvalue weighted by atomic mass is 32.2. The molecule has 45 heavy (non-hydrogen) atoms. The molecule has 0 bridgehead atoms. The van der Waals surface area contributed by atoms with Crippen LogP contribution >= 0.6 is 0 Å². The number of nitrogens with one attached hydrogen (secondary N) is 2. The van der Waals surface area contributed by atoms with E-state index in [0.717, 1.165) is 66.1 Å². The third kappa shape index (κ3) is 6.08. The second-order valence-electron chi connectivity index (χ2n) is 12.1. The van der Waals surface area contributed by atoms with Crippen LogP contribution in [0.3, 0.4) is 0 Å². The van der Waals surface area contributed by atoms with Crippen LogP contribution in [0.1, 0.15) is 35.8 Å². The Kier molecular flexibility index (Phi) is 7.86. The standard InChI is InChI=1S/C32H36N8O4S/c1-32(40-12-3-17-45(40,42)43)9-2-11-38(21-32)20-23-8-10-33-28(18-23)31(41)36-25-6-4-24(5-7-25)27-19-26-29(37-27)34-22-35-30(26)39-13-15-44-16-14-39/h3-8,10,17-19,22H,2,9,11-16,20-21H2,1H3,(H,36,41)(H,34,35,37). The van der Waals surface area contributed by atoms with Gasteiger partial charge in [-0.05, 0) is 67.8 Å². The number of carbonyl (C=O) groups is 1. The molecule has 0 saturated carbocycles. The number of sulfonamides is 1. The molecule has 1 aromatic carbocycles. The number of hydrogen-bond donors (Lipinski definition) is 2. The molecular formula is C32H36N8O4S. The van der Waals surface area contributed by atoms with E-state index < -0.39 is 15.6 Å². The number of likely N-dealkylation sites (tertiary alicyclic amines) is 1. The molecule has 13 heteroatoms. The molecule has 4 aromatic rings. The average molecular weight is 629 g/mol. The lowest BCUT2D eigenvalue weighted by atomic mass is 9.90. The van der Waals surface area contributed by atoms with Gasteiger partial charge >= 0.3 is 0 Å². The lowest BCUT2D eigenvalue weighted by Gasteiger charge is -2.45. The number of amides is 1. The first-order valence-corrected chi connectivity index (χ1v) is 16.7. The van der Waals surface area contributed by atoms with Crippen molar-refractivity contribution >= 4 is 38.5 Å². The van der Waals surface area contributed by atoms with Crippen molar-refractivity contribution < 1.29 is 17.9 Å². The molecule has 0 radical (unpaired) electrons. The summed E-state index contributed by atoms with van der Waals surface area (Å²) in [5, 5.41) is 5.23. The van der Waals surface area contributed by atoms with E-state index in [0.29, 0.717) is 44.2 Å². The maximum Gasteiger partial charge on any atom is 0.274 e. The molecule has 6 heterocycles. The molecule has 2 N–H and O–H groups in total. The zero-order valence-corrected chi connectivity index (χ0v) is 26.0. The minimum absolute atomic E-state index is 0.293. The summed E-state index contributed by atoms with van der Waals surface area (Å²) in [5.41, 5.74) is 4.13. The smallest absolute Gasteiger partial charge is 0.274 e. The van der Waals surface area contributed by atoms with Crippen LogP contribution in [0, 0.1) is 0 Å². The zero-order valence-electron chi connectivity index (χ0n) is 25.1. The molecule has 234 valence electrons. The number of nitrogens with zero attached hydrogens (tertiary/aromatic N) is 6. The van der Waals surface area contributed by atoms with Crippen LogP contribution in [-0.2, 0) is 21.3 Å². The van der Waals surface area contributed by atoms with Crippen molar-refractivity contribution in [3.8, 4) is 11.3 Å². The van der Waals surface area contributed by atoms with Crippen LogP contribution in [0.25, 0.3) is 22.3 Å². The highest BCUT2D eigenvalue weighted by Crippen LogP contribution is 2.33. The lowest BCUT2D eigenvalue weighted by molar-refractivity contribution is 0.0803. The van der Waals surface area contributed by atoms with Crippen molar-refractivity contribution in [3.05, 3.63) is 77.7 Å². The molecule has 3 aliphatic rings. The molecular weight excluding hydrogens is 592 g/mol. The van der Waals surface area contributed by atoms with E-state index in [1.165, 1.54) is 5.41 Å². The first-order chi connectivity index (χ1) is 21.8. The van der Waals surface area contributed by atoms with Gasteiger partial charge < -0.3 is 19.9 Å². The number of aromatic amines is 1. The first-order valence-electron chi connectivity index (χ1n) is 15.2. The summed E-state index contributed by atoms with van der Waals surface area (Å²) in [6.45, 7) is 7.48. The number of morpholine rings is 1. The van der Waals surface area contributed by atoms with Crippen molar-refractivity contribution in [2.24, 2.45) is 0 Å². The van der Waals surface area contributed by atoms with Crippen LogP contribution in [-0.4, -0.2) is 94.9 Å². The number of hydrogen-bond acceptors (Lipinski definition) is 9. The molecule has 3 aliphatic heterocycles. The lowest BCUT2D eigenvalue weighted by Crippen LogP contribution is -2.57. The number of benzene rings is 1. The normalized spacial score (nSPS) is 22.2. The van der Waals surface area contributed by atoms with Crippen molar-refractivity contribution in [3.63, 3.8) is 0 Å². The van der Waals surface area contributed by atoms with Gasteiger partial charge in [-0.15, -0.1) is 0 Å². The predicted octanol–water partition coefficient (Wildman–Crippen LogP) is 3.62. The van der Waals surface area contributed by atoms with E-state index in [9.17, 15) is 13.2 Å². The molecule has 1 amide bonds. The summed E-state index contributed by atoms with van der Waals surface area (Å²) in [4.78, 5) is 34.3. The fourth-order valence-corrected chi connectivity index (χ4v) is 8.15. The van der Waals surface area contributed by atoms with Crippen LogP contribution in [0.5, 0.6) is 0 Å². The maximum absolute atomic E-state index is 13.2. The molecule has 0 spiro atoms. The van der Waals surface area contributed by atoms with Crippen LogP contribution in [0.2, 0.25) is 0 Å². The van der Waals surface area contributed by atoms with Gasteiger partial charge in [-0.25, -0.2) is 18.4 Å². The zero-order chi connectivity index (χ0) is 31.0. The second-order valence-corrected chi connectivity index (χ2v) is 13.8. The summed E-state index contributed by atoms with van der Waals surface area (Å²) in [5.74, 6) is 0.605. The number of carbonyl (C=O) groups excluding carboxylic acids is 1. The Morgan fingerprint density at radius 3 is 2.67 bits per heavy atom. The van der Waals surface area contributed by atoms with E-state index in [1.54, 1.807) is 29.0 Å². The van der Waals surface area contributed by atoms with E-state index in [-0.39, 0.29) is 5.91 Å². The molecule has 12 nitrogen and oxygen atoms in total. The van der Waals surface area contributed by atoms with Crippen LogP contribution in [0.4, 0.5) is 11.5 Å². The number of anilines is 2. The molecule has 7 rings (SSSR count). The molecule has 1 unspecified atom stereocenters. The summed E-state index contributed by atoms with van der Waals surface area (Å²) in [6.07, 6.45) is 6.65. The van der Waals surface area contributed by atoms with Crippen LogP contribution < -0.4 is 10.2 Å². The minimum Gasteiger partial charge on any atom is -0.378 e. The molecule has 2 fully saturated rings. The quantitative estimate of drug-likeness (QED) is 0.315. The van der Waals surface area contributed by atoms with Gasteiger partial charge in [0, 0.05) is 61.2 Å². The van der Waals surface area contributed by atoms with Crippen molar-refractivity contribution in [2.75, 3.05) is 56.2 Å². The largest absolute Gasteiger partial charge is 0.378 e. The molecule has 3 aromatic heterocycles. The highest BCUT2D eigenvalue weighted by molar-refractivity contribution is 7.92. The summed E-state index contributed by atoms with van der Waals surface area (Å²) in [7, 11) is -3.37. The Morgan fingerprint density at radius 1 is 1.07 bits per heavy atom. The Labute approximate surface area is 262 Å². The van der Waals surface area contributed by atoms with E-state index in [2.05, 4.69) is 41.1 Å². The fraction of sp³-hybridized carbons (Fsp3) is 0.375. The topological polar surface area (TPSA) is 137 Å². The molecule has 0 aliphatic carbocycles. The fourth-order valence-electron chi connectivity index (χ4n) is 6.62. The third-order valence-electron chi connectivity index (χ3n) is 8.83. The summed E-state index contributed by atoms with van der Waals surface area (Å²) in [6, 6.07) is 13.4. The highest BCUT2D eigenvalue weighted by Gasteiger charge is 2.43. The monoisotopic (exact) mass is 628 g/mol. The Hall–Kier alpha value is -4.17. The van der Waals surface area contributed by atoms with Gasteiger partial charge in [0.15, 0.2) is 0 Å². The maximum atomic E-state index is 13.2. The number of ether oxygens (including phenoxy) is 1. The van der Waals surface area contributed by atoms with Gasteiger partial charge in [0.25, 0.3) is 5.91 Å². The number of H-pyrrole nitrogens is 1. The molecule has 2 saturated heterocycles. The summed E-state index contributed by atoms with van der Waals surface area (Å²) < 4.78 is 32.2. The number of fused-ring (bicyclic) bond motifs is 1. The number of piperidine rings is 1. The number of aromatic nitrogens is 4. The van der Waals surface area contributed by atoms with Gasteiger partial charge in [-0.1, -0.05) is 18.2 Å². The van der Waals surface area contributed by atoms with Gasteiger partial charge in [0.05, 0.1) is 18.6 Å². The van der Waals surface area contributed by atoms with Crippen molar-refractivity contribution in [2.45, 2.75) is 31.8 Å². The summed E-state index contributed by atoms with van der Waals surface area (Å²) >= 11 is 0. The molecule has 1 atom stereocenters. The first kappa shape index (κ1) is 29.5. The van der Waals surface area contributed by atoms with Crippen molar-refractivity contribution in [1.82, 2.24) is 29.1 Å². The SMILES string of the molecule is CC1(N2CC=CS2(=O)=O)CCCN(Cc2ccnc(C(=O)Nc3ccc(-c4cc5c(N6CCOCC6)ncnc5[nH]4)cc3)c2)C1. The van der Waals surface area contributed by atoms with E-state index >= 15 is 0 Å². The Bertz CT molecular complexity index is 1850. The van der Waals surface area contributed by atoms with Gasteiger partial charge in [0.2, 0.25) is 10.0 Å². The van der Waals surface area contributed by atoms with Gasteiger partial charge in [-0.3, -0.25) is 14.7 Å².